The average Bonchev–Trinajstić information content (AvgIpc) is 3.11. The van der Waals surface area contributed by atoms with E-state index in [1.54, 1.807) is 40.5 Å². The van der Waals surface area contributed by atoms with E-state index in [9.17, 15) is 9.59 Å². The van der Waals surface area contributed by atoms with Crippen molar-refractivity contribution in [3.63, 3.8) is 0 Å². The van der Waals surface area contributed by atoms with Crippen LogP contribution in [0.5, 0.6) is 0 Å². The van der Waals surface area contributed by atoms with Gasteiger partial charge >= 0.3 is 0 Å². The van der Waals surface area contributed by atoms with Crippen LogP contribution in [0.1, 0.15) is 29.2 Å². The molecule has 29 heavy (non-hydrogen) atoms. The van der Waals surface area contributed by atoms with E-state index in [0.29, 0.717) is 37.4 Å². The Balaban J connectivity index is 1.53. The predicted molar refractivity (Wildman–Crippen MR) is 117 cm³/mol. The number of fused-ring (bicyclic) bond motifs is 1. The normalized spacial score (nSPS) is 12.0. The molecule has 2 N–H and O–H groups in total. The second-order valence-electron chi connectivity index (χ2n) is 6.99. The van der Waals surface area contributed by atoms with Gasteiger partial charge in [0.2, 0.25) is 0 Å². The number of hydrogen-bond acceptors (Lipinski definition) is 4. The summed E-state index contributed by atoms with van der Waals surface area (Å²) in [5.41, 5.74) is 2.33. The molecule has 1 aromatic heterocycles. The Morgan fingerprint density at radius 3 is 2.41 bits per heavy atom. The van der Waals surface area contributed by atoms with Crippen molar-refractivity contribution in [3.8, 4) is 0 Å². The highest BCUT2D eigenvalue weighted by atomic mass is 32.1. The molecule has 1 heterocycles. The topological polar surface area (TPSA) is 66.7 Å². The minimum absolute atomic E-state index is 0.00730. The van der Waals surface area contributed by atoms with Crippen LogP contribution < -0.4 is 10.2 Å². The lowest BCUT2D eigenvalue weighted by Crippen LogP contribution is -3.08. The summed E-state index contributed by atoms with van der Waals surface area (Å²) in [5.74, 6) is -0.0562. The van der Waals surface area contributed by atoms with E-state index in [-0.39, 0.29) is 11.8 Å². The molecule has 0 aliphatic carbocycles. The zero-order chi connectivity index (χ0) is 20.8. The van der Waals surface area contributed by atoms with Crippen molar-refractivity contribution in [1.29, 1.82) is 0 Å². The van der Waals surface area contributed by atoms with Crippen LogP contribution in [0.2, 0.25) is 0 Å². The fraction of sp³-hybridized carbons (Fsp3) is 0.318. The van der Waals surface area contributed by atoms with E-state index in [0.717, 1.165) is 15.4 Å². The van der Waals surface area contributed by atoms with Gasteiger partial charge in [-0.2, -0.15) is 0 Å². The van der Waals surface area contributed by atoms with E-state index in [4.69, 9.17) is 0 Å². The first-order valence-electron chi connectivity index (χ1n) is 9.85. The summed E-state index contributed by atoms with van der Waals surface area (Å²) in [7, 11) is 1.98. The van der Waals surface area contributed by atoms with Crippen LogP contribution in [0.15, 0.2) is 48.5 Å². The number of para-hydroxylation sites is 1. The molecule has 0 saturated heterocycles. The van der Waals surface area contributed by atoms with Gasteiger partial charge in [0, 0.05) is 24.3 Å². The van der Waals surface area contributed by atoms with Gasteiger partial charge in [0.05, 0.1) is 17.3 Å². The summed E-state index contributed by atoms with van der Waals surface area (Å²) < 4.78 is 1.17. The zero-order valence-electron chi connectivity index (χ0n) is 17.1. The summed E-state index contributed by atoms with van der Waals surface area (Å²) in [6.07, 6.45) is 0. The fourth-order valence-electron chi connectivity index (χ4n) is 3.19. The molecule has 2 aromatic carbocycles. The molecule has 0 bridgehead atoms. The Labute approximate surface area is 175 Å². The number of amides is 2. The lowest BCUT2D eigenvalue weighted by molar-refractivity contribution is -0.885. The van der Waals surface area contributed by atoms with Crippen molar-refractivity contribution in [2.24, 2.45) is 0 Å². The molecule has 7 heteroatoms. The van der Waals surface area contributed by atoms with E-state index in [1.165, 1.54) is 4.70 Å². The van der Waals surface area contributed by atoms with Crippen molar-refractivity contribution in [2.45, 2.75) is 20.4 Å². The molecule has 1 atom stereocenters. The number of carbonyl (C=O) groups is 2. The smallest absolute Gasteiger partial charge is 0.279 e. The number of thiazole rings is 1. The monoisotopic (exact) mass is 411 g/mol. The van der Waals surface area contributed by atoms with Crippen molar-refractivity contribution < 1.29 is 14.5 Å². The molecule has 3 aromatic rings. The van der Waals surface area contributed by atoms with E-state index < -0.39 is 0 Å². The van der Waals surface area contributed by atoms with Crippen molar-refractivity contribution in [2.75, 3.05) is 32.0 Å². The van der Waals surface area contributed by atoms with Crippen LogP contribution in [-0.4, -0.2) is 48.4 Å². The molecule has 0 saturated carbocycles. The van der Waals surface area contributed by atoms with Gasteiger partial charge in [0.25, 0.3) is 11.8 Å². The molecule has 3 rings (SSSR count). The largest absolute Gasteiger partial charge is 0.339 e. The molecular formula is C22H27N4O2S+. The predicted octanol–water partition coefficient (Wildman–Crippen LogP) is 2.43. The second-order valence-corrected chi connectivity index (χ2v) is 8.10. The third kappa shape index (κ3) is 5.40. The highest BCUT2D eigenvalue weighted by Gasteiger charge is 2.15. The standard InChI is InChI=1S/C22H26N4O2S/c1-4-26(5-2)22(28)16-10-12-17(13-11-16)23-20(27)14-25(3)15-21-24-18-8-6-7-9-19(18)29-21/h6-13H,4-5,14-15H2,1-3H3,(H,23,27)/p+1. The van der Waals surface area contributed by atoms with Crippen LogP contribution in [-0.2, 0) is 11.3 Å². The lowest BCUT2D eigenvalue weighted by atomic mass is 10.1. The second kappa shape index (κ2) is 9.62. The van der Waals surface area contributed by atoms with Gasteiger partial charge in [-0.3, -0.25) is 9.59 Å². The molecule has 2 amide bonds. The van der Waals surface area contributed by atoms with Crippen molar-refractivity contribution in [1.82, 2.24) is 9.88 Å². The Hall–Kier alpha value is -2.77. The van der Waals surface area contributed by atoms with Crippen molar-refractivity contribution in [3.05, 3.63) is 59.1 Å². The van der Waals surface area contributed by atoms with Crippen LogP contribution >= 0.6 is 11.3 Å². The molecule has 0 aliphatic rings. The Kier molecular flexibility index (Phi) is 6.95. The zero-order valence-corrected chi connectivity index (χ0v) is 17.9. The maximum absolute atomic E-state index is 12.4. The molecule has 0 radical (unpaired) electrons. The number of hydrogen-bond donors (Lipinski definition) is 2. The lowest BCUT2D eigenvalue weighted by Gasteiger charge is -2.18. The minimum Gasteiger partial charge on any atom is -0.339 e. The van der Waals surface area contributed by atoms with Crippen LogP contribution in [0.4, 0.5) is 5.69 Å². The fourth-order valence-corrected chi connectivity index (χ4v) is 4.27. The third-order valence-corrected chi connectivity index (χ3v) is 5.76. The molecule has 1 unspecified atom stereocenters. The third-order valence-electron chi connectivity index (χ3n) is 4.72. The van der Waals surface area contributed by atoms with Gasteiger partial charge in [-0.05, 0) is 50.2 Å². The average molecular weight is 412 g/mol. The molecule has 0 fully saturated rings. The summed E-state index contributed by atoms with van der Waals surface area (Å²) in [6.45, 7) is 6.32. The van der Waals surface area contributed by atoms with E-state index in [1.807, 2.05) is 39.1 Å². The molecular weight excluding hydrogens is 384 g/mol. The Morgan fingerprint density at radius 1 is 1.07 bits per heavy atom. The SMILES string of the molecule is CCN(CC)C(=O)c1ccc(NC(=O)C[NH+](C)Cc2nc3ccccc3s2)cc1. The number of anilines is 1. The quantitative estimate of drug-likeness (QED) is 0.598. The first-order chi connectivity index (χ1) is 14.0. The summed E-state index contributed by atoms with van der Waals surface area (Å²) in [4.78, 5) is 32.2. The number of benzene rings is 2. The van der Waals surface area contributed by atoms with Gasteiger partial charge in [0.15, 0.2) is 6.54 Å². The van der Waals surface area contributed by atoms with Gasteiger partial charge in [-0.15, -0.1) is 11.3 Å². The molecule has 152 valence electrons. The van der Waals surface area contributed by atoms with Crippen LogP contribution in [0, 0.1) is 0 Å². The maximum Gasteiger partial charge on any atom is 0.279 e. The van der Waals surface area contributed by atoms with Crippen molar-refractivity contribution >= 4 is 39.1 Å². The highest BCUT2D eigenvalue weighted by molar-refractivity contribution is 7.18. The maximum atomic E-state index is 12.4. The van der Waals surface area contributed by atoms with Crippen LogP contribution in [0.3, 0.4) is 0 Å². The number of likely N-dealkylation sites (N-methyl/N-ethyl adjacent to an activating group) is 1. The van der Waals surface area contributed by atoms with E-state index >= 15 is 0 Å². The minimum atomic E-state index is -0.0635. The van der Waals surface area contributed by atoms with E-state index in [2.05, 4.69) is 16.4 Å². The number of carbonyl (C=O) groups excluding carboxylic acids is 2. The van der Waals surface area contributed by atoms with Gasteiger partial charge < -0.3 is 15.1 Å². The Morgan fingerprint density at radius 2 is 1.76 bits per heavy atom. The number of quaternary nitrogens is 1. The Bertz CT molecular complexity index is 947. The highest BCUT2D eigenvalue weighted by Crippen LogP contribution is 2.20. The number of nitrogens with one attached hydrogen (secondary N) is 2. The number of rotatable bonds is 8. The molecule has 6 nitrogen and oxygen atoms in total. The van der Waals surface area contributed by atoms with Gasteiger partial charge in [0.1, 0.15) is 11.6 Å². The first kappa shape index (κ1) is 21.0. The van der Waals surface area contributed by atoms with Gasteiger partial charge in [-0.25, -0.2) is 4.98 Å². The summed E-state index contributed by atoms with van der Waals surface area (Å²) in [6, 6.07) is 15.1. The molecule has 0 spiro atoms. The first-order valence-corrected chi connectivity index (χ1v) is 10.7. The molecule has 0 aliphatic heterocycles. The number of aromatic nitrogens is 1. The van der Waals surface area contributed by atoms with Crippen LogP contribution in [0.25, 0.3) is 10.2 Å². The van der Waals surface area contributed by atoms with Gasteiger partial charge in [-0.1, -0.05) is 12.1 Å². The summed E-state index contributed by atoms with van der Waals surface area (Å²) >= 11 is 1.67. The number of nitrogens with zero attached hydrogens (tertiary/aromatic N) is 2. The summed E-state index contributed by atoms with van der Waals surface area (Å²) in [5, 5.41) is 3.93.